The van der Waals surface area contributed by atoms with Gasteiger partial charge in [-0.25, -0.2) is 13.2 Å². The largest absolute Gasteiger partial charge is 0.308 e. The van der Waals surface area contributed by atoms with Crippen LogP contribution in [0, 0.1) is 23.1 Å². The van der Waals surface area contributed by atoms with Gasteiger partial charge in [-0.3, -0.25) is 9.36 Å². The van der Waals surface area contributed by atoms with Crippen molar-refractivity contribution >= 4 is 21.6 Å². The Morgan fingerprint density at radius 3 is 2.76 bits per heavy atom. The second-order valence-corrected chi connectivity index (χ2v) is 7.09. The molecule has 3 aromatic rings. The van der Waals surface area contributed by atoms with Gasteiger partial charge < -0.3 is 0 Å². The molecule has 1 unspecified atom stereocenters. The third kappa shape index (κ3) is 2.63. The van der Waals surface area contributed by atoms with Crippen molar-refractivity contribution in [1.29, 1.82) is 5.26 Å². The van der Waals surface area contributed by atoms with E-state index < -0.39 is 17.7 Å². The molecule has 0 bridgehead atoms. The number of alkyl halides is 2. The van der Waals surface area contributed by atoms with Gasteiger partial charge in [-0.2, -0.15) is 5.26 Å². The maximum absolute atomic E-state index is 14.2. The van der Waals surface area contributed by atoms with E-state index in [1.54, 1.807) is 18.2 Å². The van der Waals surface area contributed by atoms with Crippen molar-refractivity contribution < 1.29 is 13.2 Å². The first-order valence-electron chi connectivity index (χ1n) is 7.61. The van der Waals surface area contributed by atoms with E-state index in [9.17, 15) is 23.2 Å². The highest BCUT2D eigenvalue weighted by atomic mass is 32.1. The zero-order valence-corrected chi connectivity index (χ0v) is 13.6. The van der Waals surface area contributed by atoms with Crippen LogP contribution in [-0.2, 0) is 6.54 Å². The highest BCUT2D eigenvalue weighted by Gasteiger charge is 2.56. The first-order chi connectivity index (χ1) is 11.9. The first kappa shape index (κ1) is 15.9. The molecule has 1 aliphatic rings. The molecular formula is C18H11F3N2OS. The van der Waals surface area contributed by atoms with Gasteiger partial charge in [0.05, 0.1) is 21.8 Å². The number of rotatable bonds is 3. The Morgan fingerprint density at radius 1 is 1.32 bits per heavy atom. The number of thiazole rings is 1. The number of hydrogen-bond donors (Lipinski definition) is 0. The lowest BCUT2D eigenvalue weighted by atomic mass is 9.99. The molecule has 0 amide bonds. The van der Waals surface area contributed by atoms with E-state index >= 15 is 0 Å². The predicted molar refractivity (Wildman–Crippen MR) is 89.2 cm³/mol. The van der Waals surface area contributed by atoms with E-state index in [1.165, 1.54) is 22.8 Å². The van der Waals surface area contributed by atoms with Gasteiger partial charge in [-0.1, -0.05) is 23.5 Å². The summed E-state index contributed by atoms with van der Waals surface area (Å²) in [6.45, 7) is -0.0195. The van der Waals surface area contributed by atoms with E-state index in [2.05, 4.69) is 0 Å². The van der Waals surface area contributed by atoms with E-state index in [4.69, 9.17) is 0 Å². The second kappa shape index (κ2) is 5.46. The maximum Gasteiger partial charge on any atom is 0.308 e. The molecule has 0 saturated heterocycles. The van der Waals surface area contributed by atoms with Crippen LogP contribution in [0.5, 0.6) is 0 Å². The second-order valence-electron chi connectivity index (χ2n) is 6.10. The van der Waals surface area contributed by atoms with Crippen molar-refractivity contribution in [2.75, 3.05) is 0 Å². The Labute approximate surface area is 144 Å². The molecule has 2 aromatic carbocycles. The van der Waals surface area contributed by atoms with Crippen LogP contribution in [0.4, 0.5) is 13.2 Å². The summed E-state index contributed by atoms with van der Waals surface area (Å²) in [4.78, 5) is 11.8. The number of nitrogens with zero attached hydrogens (tertiary/aromatic N) is 2. The molecule has 7 heteroatoms. The summed E-state index contributed by atoms with van der Waals surface area (Å²) in [5.74, 6) is -4.02. The number of halogens is 3. The highest BCUT2D eigenvalue weighted by molar-refractivity contribution is 7.16. The standard InChI is InChI=1S/C18H11F3N2OS/c19-13-3-1-2-11(8-22)16(13)10-4-5-14-15(6-10)25-17(24)23(14)9-12-7-18(12,20)21/h1-6,12H,7,9H2. The van der Waals surface area contributed by atoms with Gasteiger partial charge >= 0.3 is 4.87 Å². The first-order valence-corrected chi connectivity index (χ1v) is 8.42. The van der Waals surface area contributed by atoms with Crippen LogP contribution >= 0.6 is 11.3 Å². The fraction of sp³-hybridized carbons (Fsp3) is 0.222. The minimum absolute atomic E-state index is 0.0195. The normalized spacial score (nSPS) is 18.2. The Bertz CT molecular complexity index is 1090. The monoisotopic (exact) mass is 360 g/mol. The van der Waals surface area contributed by atoms with E-state index in [0.29, 0.717) is 15.8 Å². The molecule has 1 saturated carbocycles. The SMILES string of the molecule is N#Cc1cccc(F)c1-c1ccc2c(c1)sc(=O)n2CC1CC1(F)F. The summed E-state index contributed by atoms with van der Waals surface area (Å²) >= 11 is 0.934. The quantitative estimate of drug-likeness (QED) is 0.695. The number of benzene rings is 2. The molecule has 0 spiro atoms. The smallest absolute Gasteiger partial charge is 0.298 e. The maximum atomic E-state index is 14.2. The molecule has 3 nitrogen and oxygen atoms in total. The zero-order chi connectivity index (χ0) is 17.8. The van der Waals surface area contributed by atoms with Crippen LogP contribution in [0.15, 0.2) is 41.2 Å². The Morgan fingerprint density at radius 2 is 2.08 bits per heavy atom. The Kier molecular flexibility index (Phi) is 3.48. The van der Waals surface area contributed by atoms with Crippen LogP contribution < -0.4 is 4.87 Å². The molecule has 126 valence electrons. The summed E-state index contributed by atoms with van der Waals surface area (Å²) < 4.78 is 42.4. The summed E-state index contributed by atoms with van der Waals surface area (Å²) in [7, 11) is 0. The molecule has 0 radical (unpaired) electrons. The molecule has 1 heterocycles. The zero-order valence-electron chi connectivity index (χ0n) is 12.8. The van der Waals surface area contributed by atoms with Crippen LogP contribution in [0.25, 0.3) is 21.3 Å². The van der Waals surface area contributed by atoms with Crippen LogP contribution in [-0.4, -0.2) is 10.5 Å². The van der Waals surface area contributed by atoms with E-state index in [0.717, 1.165) is 11.3 Å². The van der Waals surface area contributed by atoms with Gasteiger partial charge in [0.15, 0.2) is 0 Å². The van der Waals surface area contributed by atoms with Gasteiger partial charge in [-0.15, -0.1) is 0 Å². The Balaban J connectivity index is 1.81. The summed E-state index contributed by atoms with van der Waals surface area (Å²) in [6, 6.07) is 11.1. The lowest BCUT2D eigenvalue weighted by molar-refractivity contribution is 0.0953. The topological polar surface area (TPSA) is 45.8 Å². The van der Waals surface area contributed by atoms with Crippen molar-refractivity contribution in [2.24, 2.45) is 5.92 Å². The number of nitriles is 1. The van der Waals surface area contributed by atoms with Gasteiger partial charge in [0.2, 0.25) is 0 Å². The van der Waals surface area contributed by atoms with Gasteiger partial charge in [0.25, 0.3) is 5.92 Å². The highest BCUT2D eigenvalue weighted by Crippen LogP contribution is 2.49. The van der Waals surface area contributed by atoms with Crippen LogP contribution in [0.3, 0.4) is 0 Å². The summed E-state index contributed by atoms with van der Waals surface area (Å²) in [6.07, 6.45) is -0.199. The van der Waals surface area contributed by atoms with Gasteiger partial charge in [0, 0.05) is 24.4 Å². The van der Waals surface area contributed by atoms with Crippen molar-refractivity contribution in [1.82, 2.24) is 4.57 Å². The van der Waals surface area contributed by atoms with Crippen molar-refractivity contribution in [3.8, 4) is 17.2 Å². The number of aromatic nitrogens is 1. The minimum atomic E-state index is -2.69. The van der Waals surface area contributed by atoms with E-state index in [-0.39, 0.29) is 29.0 Å². The summed E-state index contributed by atoms with van der Waals surface area (Å²) in [5, 5.41) is 9.18. The molecule has 25 heavy (non-hydrogen) atoms. The van der Waals surface area contributed by atoms with Crippen molar-refractivity contribution in [2.45, 2.75) is 18.9 Å². The third-order valence-electron chi connectivity index (χ3n) is 4.45. The molecule has 0 N–H and O–H groups in total. The molecule has 1 aromatic heterocycles. The molecule has 1 aliphatic carbocycles. The van der Waals surface area contributed by atoms with Crippen molar-refractivity contribution in [3.63, 3.8) is 0 Å². The van der Waals surface area contributed by atoms with Gasteiger partial charge in [0.1, 0.15) is 5.82 Å². The average molecular weight is 360 g/mol. The van der Waals surface area contributed by atoms with Crippen LogP contribution in [0.1, 0.15) is 12.0 Å². The molecule has 0 aliphatic heterocycles. The fourth-order valence-electron chi connectivity index (χ4n) is 2.99. The number of hydrogen-bond acceptors (Lipinski definition) is 3. The summed E-state index contributed by atoms with van der Waals surface area (Å²) in [5.41, 5.74) is 1.40. The lowest BCUT2D eigenvalue weighted by Crippen LogP contribution is -2.15. The predicted octanol–water partition coefficient (Wildman–Crippen LogP) is 4.40. The van der Waals surface area contributed by atoms with Crippen molar-refractivity contribution in [3.05, 3.63) is 57.4 Å². The lowest BCUT2D eigenvalue weighted by Gasteiger charge is -2.07. The number of fused-ring (bicyclic) bond motifs is 1. The van der Waals surface area contributed by atoms with E-state index in [1.807, 2.05) is 6.07 Å². The molecular weight excluding hydrogens is 349 g/mol. The van der Waals surface area contributed by atoms with Crippen LogP contribution in [0.2, 0.25) is 0 Å². The molecule has 1 fully saturated rings. The molecule has 4 rings (SSSR count). The molecule has 1 atom stereocenters. The third-order valence-corrected chi connectivity index (χ3v) is 5.39. The average Bonchev–Trinajstić information content (AvgIpc) is 3.05. The Hall–Kier alpha value is -2.59. The fourth-order valence-corrected chi connectivity index (χ4v) is 3.93. The minimum Gasteiger partial charge on any atom is -0.298 e. The van der Waals surface area contributed by atoms with Gasteiger partial charge in [-0.05, 0) is 29.8 Å².